The standard InChI is InChI=1S/C21H32ClN3O3/c1-5-24(6-2)19(26)14-23-8-7-9-25(11-10-23)20(27)15-28-18-12-16(3)21(22)17(4)13-18/h12-13H,5-11,14-15H2,1-4H3. The van der Waals surface area contributed by atoms with Crippen LogP contribution in [0.15, 0.2) is 12.1 Å². The summed E-state index contributed by atoms with van der Waals surface area (Å²) in [5, 5.41) is 0.727. The second-order valence-corrected chi connectivity index (χ2v) is 7.61. The predicted octanol–water partition coefficient (Wildman–Crippen LogP) is 2.74. The minimum atomic E-state index is -0.0258. The fourth-order valence-corrected chi connectivity index (χ4v) is 3.58. The van der Waals surface area contributed by atoms with Crippen molar-refractivity contribution in [1.29, 1.82) is 0 Å². The molecule has 1 aromatic carbocycles. The molecule has 0 unspecified atom stereocenters. The van der Waals surface area contributed by atoms with Gasteiger partial charge in [-0.15, -0.1) is 0 Å². The molecular weight excluding hydrogens is 378 g/mol. The third kappa shape index (κ3) is 6.11. The van der Waals surface area contributed by atoms with Crippen LogP contribution in [0.5, 0.6) is 5.75 Å². The summed E-state index contributed by atoms with van der Waals surface area (Å²) in [7, 11) is 0. The minimum absolute atomic E-state index is 0.0128. The van der Waals surface area contributed by atoms with Gasteiger partial charge in [-0.2, -0.15) is 0 Å². The van der Waals surface area contributed by atoms with Gasteiger partial charge >= 0.3 is 0 Å². The van der Waals surface area contributed by atoms with Crippen LogP contribution in [0.1, 0.15) is 31.4 Å². The van der Waals surface area contributed by atoms with Crippen molar-refractivity contribution in [3.05, 3.63) is 28.3 Å². The Labute approximate surface area is 173 Å². The second kappa shape index (κ2) is 10.7. The molecule has 0 aliphatic carbocycles. The molecule has 2 rings (SSSR count). The maximum Gasteiger partial charge on any atom is 0.260 e. The Morgan fingerprint density at radius 2 is 1.71 bits per heavy atom. The maximum absolute atomic E-state index is 12.6. The van der Waals surface area contributed by atoms with E-state index >= 15 is 0 Å². The molecule has 0 N–H and O–H groups in total. The number of carbonyl (C=O) groups excluding carboxylic acids is 2. The maximum atomic E-state index is 12.6. The number of carbonyl (C=O) groups is 2. The van der Waals surface area contributed by atoms with Crippen molar-refractivity contribution in [1.82, 2.24) is 14.7 Å². The van der Waals surface area contributed by atoms with Crippen molar-refractivity contribution in [2.45, 2.75) is 34.1 Å². The molecule has 1 aliphatic heterocycles. The summed E-state index contributed by atoms with van der Waals surface area (Å²) < 4.78 is 5.71. The molecule has 156 valence electrons. The third-order valence-electron chi connectivity index (χ3n) is 5.19. The summed E-state index contributed by atoms with van der Waals surface area (Å²) in [6.45, 7) is 12.6. The van der Waals surface area contributed by atoms with Crippen molar-refractivity contribution < 1.29 is 14.3 Å². The van der Waals surface area contributed by atoms with Crippen molar-refractivity contribution >= 4 is 23.4 Å². The fraction of sp³-hybridized carbons (Fsp3) is 0.619. The Bertz CT molecular complexity index is 668. The Kier molecular flexibility index (Phi) is 8.58. The largest absolute Gasteiger partial charge is 0.484 e. The van der Waals surface area contributed by atoms with Gasteiger partial charge in [0, 0.05) is 44.3 Å². The van der Waals surface area contributed by atoms with E-state index in [1.54, 1.807) is 0 Å². The first-order chi connectivity index (χ1) is 13.3. The number of hydrogen-bond donors (Lipinski definition) is 0. The van der Waals surface area contributed by atoms with Crippen LogP contribution in [0, 0.1) is 13.8 Å². The van der Waals surface area contributed by atoms with E-state index in [0.717, 1.165) is 42.2 Å². The average molecular weight is 410 g/mol. The first kappa shape index (κ1) is 22.5. The molecule has 0 saturated carbocycles. The van der Waals surface area contributed by atoms with Crippen molar-refractivity contribution in [3.8, 4) is 5.75 Å². The SMILES string of the molecule is CCN(CC)C(=O)CN1CCCN(C(=O)COc2cc(C)c(Cl)c(C)c2)CC1. The van der Waals surface area contributed by atoms with E-state index in [9.17, 15) is 9.59 Å². The normalized spacial score (nSPS) is 15.2. The lowest BCUT2D eigenvalue weighted by Gasteiger charge is -2.25. The molecule has 1 fully saturated rings. The number of ether oxygens (including phenoxy) is 1. The molecule has 0 aromatic heterocycles. The van der Waals surface area contributed by atoms with Crippen LogP contribution in [-0.2, 0) is 9.59 Å². The van der Waals surface area contributed by atoms with Crippen LogP contribution >= 0.6 is 11.6 Å². The third-order valence-corrected chi connectivity index (χ3v) is 5.78. The van der Waals surface area contributed by atoms with Gasteiger partial charge in [-0.1, -0.05) is 11.6 Å². The van der Waals surface area contributed by atoms with Gasteiger partial charge in [0.2, 0.25) is 5.91 Å². The highest BCUT2D eigenvalue weighted by atomic mass is 35.5. The van der Waals surface area contributed by atoms with Gasteiger partial charge in [0.05, 0.1) is 6.54 Å². The zero-order chi connectivity index (χ0) is 20.7. The summed E-state index contributed by atoms with van der Waals surface area (Å²) in [5.74, 6) is 0.790. The zero-order valence-corrected chi connectivity index (χ0v) is 18.2. The summed E-state index contributed by atoms with van der Waals surface area (Å²) in [4.78, 5) is 30.7. The summed E-state index contributed by atoms with van der Waals surface area (Å²) in [5.41, 5.74) is 1.87. The fourth-order valence-electron chi connectivity index (χ4n) is 3.47. The Morgan fingerprint density at radius 3 is 2.32 bits per heavy atom. The van der Waals surface area contributed by atoms with Crippen LogP contribution in [0.25, 0.3) is 0 Å². The summed E-state index contributed by atoms with van der Waals surface area (Å²) in [6, 6.07) is 3.71. The van der Waals surface area contributed by atoms with Crippen LogP contribution in [0.2, 0.25) is 5.02 Å². The van der Waals surface area contributed by atoms with E-state index in [4.69, 9.17) is 16.3 Å². The molecule has 1 aromatic rings. The van der Waals surface area contributed by atoms with Gasteiger partial charge in [-0.25, -0.2) is 0 Å². The van der Waals surface area contributed by atoms with Gasteiger partial charge in [0.25, 0.3) is 5.91 Å². The highest BCUT2D eigenvalue weighted by Gasteiger charge is 2.22. The molecule has 6 nitrogen and oxygen atoms in total. The number of likely N-dealkylation sites (N-methyl/N-ethyl adjacent to an activating group) is 1. The molecule has 1 heterocycles. The molecule has 7 heteroatoms. The monoisotopic (exact) mass is 409 g/mol. The van der Waals surface area contributed by atoms with Gasteiger partial charge < -0.3 is 14.5 Å². The van der Waals surface area contributed by atoms with Crippen LogP contribution in [-0.4, -0.2) is 78.9 Å². The van der Waals surface area contributed by atoms with Gasteiger partial charge in [0.15, 0.2) is 6.61 Å². The van der Waals surface area contributed by atoms with Gasteiger partial charge in [-0.05, 0) is 57.4 Å². The first-order valence-electron chi connectivity index (χ1n) is 10.0. The van der Waals surface area contributed by atoms with E-state index < -0.39 is 0 Å². The zero-order valence-electron chi connectivity index (χ0n) is 17.5. The number of halogens is 1. The number of amides is 2. The summed E-state index contributed by atoms with van der Waals surface area (Å²) in [6.07, 6.45) is 0.858. The second-order valence-electron chi connectivity index (χ2n) is 7.24. The first-order valence-corrected chi connectivity index (χ1v) is 10.4. The molecule has 0 spiro atoms. The number of nitrogens with zero attached hydrogens (tertiary/aromatic N) is 3. The highest BCUT2D eigenvalue weighted by molar-refractivity contribution is 6.32. The molecule has 1 aliphatic rings. The molecule has 1 saturated heterocycles. The summed E-state index contributed by atoms with van der Waals surface area (Å²) >= 11 is 6.18. The van der Waals surface area contributed by atoms with E-state index in [-0.39, 0.29) is 18.4 Å². The molecule has 28 heavy (non-hydrogen) atoms. The van der Waals surface area contributed by atoms with E-state index in [2.05, 4.69) is 4.90 Å². The van der Waals surface area contributed by atoms with Crippen LogP contribution in [0.4, 0.5) is 0 Å². The van der Waals surface area contributed by atoms with Crippen LogP contribution in [0.3, 0.4) is 0 Å². The molecule has 2 amide bonds. The molecule has 0 radical (unpaired) electrons. The smallest absolute Gasteiger partial charge is 0.260 e. The molecule has 0 bridgehead atoms. The predicted molar refractivity (Wildman–Crippen MR) is 112 cm³/mol. The lowest BCUT2D eigenvalue weighted by Crippen LogP contribution is -2.42. The Balaban J connectivity index is 1.84. The van der Waals surface area contributed by atoms with Crippen molar-refractivity contribution in [2.24, 2.45) is 0 Å². The van der Waals surface area contributed by atoms with E-state index in [0.29, 0.717) is 31.9 Å². The number of aryl methyl sites for hydroxylation is 2. The number of benzene rings is 1. The van der Waals surface area contributed by atoms with Crippen molar-refractivity contribution in [3.63, 3.8) is 0 Å². The topological polar surface area (TPSA) is 53.1 Å². The lowest BCUT2D eigenvalue weighted by atomic mass is 10.1. The number of rotatable bonds is 7. The molecule has 0 atom stereocenters. The van der Waals surface area contributed by atoms with Gasteiger partial charge in [0.1, 0.15) is 5.75 Å². The lowest BCUT2D eigenvalue weighted by molar-refractivity contribution is -0.133. The Hall–Kier alpha value is -1.79. The van der Waals surface area contributed by atoms with Crippen LogP contribution < -0.4 is 4.74 Å². The number of hydrogen-bond acceptors (Lipinski definition) is 4. The quantitative estimate of drug-likeness (QED) is 0.694. The minimum Gasteiger partial charge on any atom is -0.484 e. The van der Waals surface area contributed by atoms with Gasteiger partial charge in [-0.3, -0.25) is 14.5 Å². The molecular formula is C21H32ClN3O3. The Morgan fingerprint density at radius 1 is 1.07 bits per heavy atom. The average Bonchev–Trinajstić information content (AvgIpc) is 2.90. The van der Waals surface area contributed by atoms with E-state index in [1.165, 1.54) is 0 Å². The van der Waals surface area contributed by atoms with E-state index in [1.807, 2.05) is 49.6 Å². The van der Waals surface area contributed by atoms with Crippen molar-refractivity contribution in [2.75, 3.05) is 52.4 Å². The highest BCUT2D eigenvalue weighted by Crippen LogP contribution is 2.25.